The van der Waals surface area contributed by atoms with Gasteiger partial charge in [0.1, 0.15) is 11.4 Å². The van der Waals surface area contributed by atoms with E-state index in [9.17, 15) is 18.0 Å². The number of aromatic nitrogens is 2. The average Bonchev–Trinajstić information content (AvgIpc) is 3.19. The molecule has 0 unspecified atom stereocenters. The van der Waals surface area contributed by atoms with Gasteiger partial charge in [-0.1, -0.05) is 33.2 Å². The van der Waals surface area contributed by atoms with Crippen LogP contribution in [0.3, 0.4) is 0 Å². The predicted octanol–water partition coefficient (Wildman–Crippen LogP) is 5.88. The molecule has 5 nitrogen and oxygen atoms in total. The highest BCUT2D eigenvalue weighted by molar-refractivity contribution is 9.10. The van der Waals surface area contributed by atoms with E-state index < -0.39 is 6.36 Å². The fourth-order valence-corrected chi connectivity index (χ4v) is 3.45. The predicted molar refractivity (Wildman–Crippen MR) is 112 cm³/mol. The molecule has 0 aliphatic carbocycles. The van der Waals surface area contributed by atoms with E-state index in [2.05, 4.69) is 25.8 Å². The Labute approximate surface area is 182 Å². The first-order chi connectivity index (χ1) is 14.8. The van der Waals surface area contributed by atoms with E-state index in [0.717, 1.165) is 10.0 Å². The summed E-state index contributed by atoms with van der Waals surface area (Å²) < 4.78 is 48.6. The fourth-order valence-electron chi connectivity index (χ4n) is 3.01. The maximum atomic E-state index is 12.3. The van der Waals surface area contributed by atoms with Crippen LogP contribution in [0.25, 0.3) is 22.6 Å². The zero-order chi connectivity index (χ0) is 22.0. The Morgan fingerprint density at radius 3 is 2.45 bits per heavy atom. The number of rotatable bonds is 5. The summed E-state index contributed by atoms with van der Waals surface area (Å²) in [6.07, 6.45) is -3.06. The third-order valence-electron chi connectivity index (χ3n) is 4.40. The standard InChI is InChI=1S/C22H14BrF3N2O3/c23-17-3-1-2-14(10-17)12-28-13-16(6-9-21(28)29)19-11-20(31-27-19)15-4-7-18(8-5-15)30-22(24,25)26/h1-11,13H,12H2. The average molecular weight is 491 g/mol. The lowest BCUT2D eigenvalue weighted by Crippen LogP contribution is -2.19. The van der Waals surface area contributed by atoms with Gasteiger partial charge in [-0.15, -0.1) is 13.2 Å². The van der Waals surface area contributed by atoms with Crippen LogP contribution in [0.4, 0.5) is 13.2 Å². The molecule has 0 aliphatic heterocycles. The number of halogens is 4. The minimum atomic E-state index is -4.75. The summed E-state index contributed by atoms with van der Waals surface area (Å²) in [5, 5.41) is 4.03. The molecule has 0 saturated heterocycles. The minimum Gasteiger partial charge on any atom is -0.406 e. The van der Waals surface area contributed by atoms with E-state index >= 15 is 0 Å². The molecule has 0 bridgehead atoms. The smallest absolute Gasteiger partial charge is 0.406 e. The van der Waals surface area contributed by atoms with Gasteiger partial charge in [0.05, 0.1) is 6.54 Å². The zero-order valence-electron chi connectivity index (χ0n) is 15.8. The topological polar surface area (TPSA) is 57.3 Å². The number of nitrogens with zero attached hydrogens (tertiary/aromatic N) is 2. The molecule has 0 fully saturated rings. The molecule has 4 aromatic rings. The monoisotopic (exact) mass is 490 g/mol. The molecule has 0 atom stereocenters. The number of alkyl halides is 3. The van der Waals surface area contributed by atoms with E-state index in [4.69, 9.17) is 4.52 Å². The normalized spacial score (nSPS) is 11.5. The van der Waals surface area contributed by atoms with Crippen molar-refractivity contribution < 1.29 is 22.4 Å². The third kappa shape index (κ3) is 5.24. The molecule has 158 valence electrons. The summed E-state index contributed by atoms with van der Waals surface area (Å²) in [6.45, 7) is 0.386. The van der Waals surface area contributed by atoms with Gasteiger partial charge in [-0.3, -0.25) is 4.79 Å². The highest BCUT2D eigenvalue weighted by Crippen LogP contribution is 2.29. The van der Waals surface area contributed by atoms with Crippen LogP contribution in [0, 0.1) is 0 Å². The van der Waals surface area contributed by atoms with Crippen LogP contribution in [-0.2, 0) is 6.54 Å². The van der Waals surface area contributed by atoms with Crippen molar-refractivity contribution in [2.75, 3.05) is 0 Å². The summed E-state index contributed by atoms with van der Waals surface area (Å²) in [4.78, 5) is 12.3. The first-order valence-corrected chi connectivity index (χ1v) is 9.84. The number of hydrogen-bond donors (Lipinski definition) is 0. The summed E-state index contributed by atoms with van der Waals surface area (Å²) in [5.74, 6) is 0.0499. The van der Waals surface area contributed by atoms with E-state index in [1.807, 2.05) is 24.3 Å². The van der Waals surface area contributed by atoms with Crippen LogP contribution >= 0.6 is 15.9 Å². The van der Waals surface area contributed by atoms with Crippen LogP contribution < -0.4 is 10.3 Å². The van der Waals surface area contributed by atoms with Gasteiger partial charge in [0.2, 0.25) is 0 Å². The molecule has 0 amide bonds. The number of pyridine rings is 1. The first-order valence-electron chi connectivity index (χ1n) is 9.05. The Morgan fingerprint density at radius 1 is 1.00 bits per heavy atom. The van der Waals surface area contributed by atoms with Crippen molar-refractivity contribution in [2.45, 2.75) is 12.9 Å². The van der Waals surface area contributed by atoms with Gasteiger partial charge in [-0.25, -0.2) is 0 Å². The van der Waals surface area contributed by atoms with Crippen LogP contribution in [0.2, 0.25) is 0 Å². The molecule has 0 N–H and O–H groups in total. The summed E-state index contributed by atoms with van der Waals surface area (Å²) >= 11 is 3.42. The van der Waals surface area contributed by atoms with E-state index in [1.54, 1.807) is 22.9 Å². The molecule has 0 saturated carbocycles. The molecular weight excluding hydrogens is 477 g/mol. The lowest BCUT2D eigenvalue weighted by Gasteiger charge is -2.08. The second kappa shape index (κ2) is 8.43. The highest BCUT2D eigenvalue weighted by Gasteiger charge is 2.31. The number of ether oxygens (including phenoxy) is 1. The maximum Gasteiger partial charge on any atom is 0.573 e. The number of hydrogen-bond acceptors (Lipinski definition) is 4. The van der Waals surface area contributed by atoms with Crippen molar-refractivity contribution in [3.8, 4) is 28.3 Å². The van der Waals surface area contributed by atoms with Crippen LogP contribution in [-0.4, -0.2) is 16.1 Å². The number of benzene rings is 2. The molecule has 9 heteroatoms. The van der Waals surface area contributed by atoms with Gasteiger partial charge in [-0.05, 0) is 48.0 Å². The lowest BCUT2D eigenvalue weighted by molar-refractivity contribution is -0.274. The lowest BCUT2D eigenvalue weighted by atomic mass is 10.1. The van der Waals surface area contributed by atoms with Gasteiger partial charge >= 0.3 is 6.36 Å². The van der Waals surface area contributed by atoms with E-state index in [1.165, 1.54) is 30.3 Å². The van der Waals surface area contributed by atoms with Crippen molar-refractivity contribution in [3.05, 3.63) is 93.3 Å². The Kier molecular flexibility index (Phi) is 5.69. The van der Waals surface area contributed by atoms with Gasteiger partial charge in [0.15, 0.2) is 5.76 Å². The Hall–Kier alpha value is -3.33. The van der Waals surface area contributed by atoms with Crippen molar-refractivity contribution in [2.24, 2.45) is 0 Å². The molecule has 31 heavy (non-hydrogen) atoms. The molecular formula is C22H14BrF3N2O3. The van der Waals surface area contributed by atoms with Gasteiger partial charge in [-0.2, -0.15) is 0 Å². The molecule has 2 aromatic carbocycles. The van der Waals surface area contributed by atoms with Crippen molar-refractivity contribution in [1.29, 1.82) is 0 Å². The summed E-state index contributed by atoms with van der Waals surface area (Å²) in [7, 11) is 0. The highest BCUT2D eigenvalue weighted by atomic mass is 79.9. The van der Waals surface area contributed by atoms with Gasteiger partial charge in [0.25, 0.3) is 5.56 Å². The third-order valence-corrected chi connectivity index (χ3v) is 4.90. The van der Waals surface area contributed by atoms with Crippen molar-refractivity contribution in [1.82, 2.24) is 9.72 Å². The van der Waals surface area contributed by atoms with E-state index in [0.29, 0.717) is 29.1 Å². The SMILES string of the molecule is O=c1ccc(-c2cc(-c3ccc(OC(F)(F)F)cc3)on2)cn1Cc1cccc(Br)c1. The minimum absolute atomic E-state index is 0.160. The maximum absolute atomic E-state index is 12.3. The fraction of sp³-hybridized carbons (Fsp3) is 0.0909. The Balaban J connectivity index is 1.57. The van der Waals surface area contributed by atoms with Crippen molar-refractivity contribution >= 4 is 15.9 Å². The second-order valence-electron chi connectivity index (χ2n) is 6.66. The zero-order valence-corrected chi connectivity index (χ0v) is 17.4. The largest absolute Gasteiger partial charge is 0.573 e. The first kappa shape index (κ1) is 20.9. The Bertz CT molecular complexity index is 1260. The van der Waals surface area contributed by atoms with Gasteiger partial charge < -0.3 is 13.8 Å². The van der Waals surface area contributed by atoms with Crippen LogP contribution in [0.15, 0.2) is 86.7 Å². The second-order valence-corrected chi connectivity index (χ2v) is 7.58. The quantitative estimate of drug-likeness (QED) is 0.350. The van der Waals surface area contributed by atoms with Crippen molar-refractivity contribution in [3.63, 3.8) is 0 Å². The molecule has 0 spiro atoms. The molecule has 0 aliphatic rings. The molecule has 0 radical (unpaired) electrons. The molecule has 2 heterocycles. The van der Waals surface area contributed by atoms with Gasteiger partial charge in [0, 0.05) is 33.9 Å². The van der Waals surface area contributed by atoms with Crippen LogP contribution in [0.1, 0.15) is 5.56 Å². The summed E-state index contributed by atoms with van der Waals surface area (Å²) in [5.41, 5.74) is 2.49. The molecule has 4 rings (SSSR count). The Morgan fingerprint density at radius 2 is 1.74 bits per heavy atom. The molecule has 2 aromatic heterocycles. The van der Waals surface area contributed by atoms with Crippen LogP contribution in [0.5, 0.6) is 5.75 Å². The summed E-state index contributed by atoms with van der Waals surface area (Å²) in [6, 6.07) is 17.7. The van der Waals surface area contributed by atoms with E-state index in [-0.39, 0.29) is 11.3 Å².